The van der Waals surface area contributed by atoms with Crippen molar-refractivity contribution >= 4 is 29.1 Å². The zero-order valence-electron chi connectivity index (χ0n) is 22.2. The standard InChI is InChI=1S/C28H35N5O4/c1-6-32-20(4)30-23-15-22(11-12-24(23)32)28(35)31-29-16-21-10-13-25(26(14-21)36-5)37-17-27(34)33-18(2)8-7-9-19(33)3/h10-16,18-19H,6-9,17H2,1-5H3,(H,31,35). The number of aryl methyl sites for hydroxylation is 2. The van der Waals surface area contributed by atoms with Crippen LogP contribution in [-0.2, 0) is 11.3 Å². The van der Waals surface area contributed by atoms with Gasteiger partial charge in [0, 0.05) is 24.2 Å². The predicted octanol–water partition coefficient (Wildman–Crippen LogP) is 4.31. The lowest BCUT2D eigenvalue weighted by Gasteiger charge is -2.39. The topological polar surface area (TPSA) is 98.1 Å². The molecular formula is C28H35N5O4. The zero-order chi connectivity index (χ0) is 26.5. The first-order valence-electron chi connectivity index (χ1n) is 12.7. The zero-order valence-corrected chi connectivity index (χ0v) is 22.2. The van der Waals surface area contributed by atoms with E-state index in [0.29, 0.717) is 22.6 Å². The third-order valence-electron chi connectivity index (χ3n) is 6.92. The monoisotopic (exact) mass is 505 g/mol. The average molecular weight is 506 g/mol. The van der Waals surface area contributed by atoms with Gasteiger partial charge in [-0.3, -0.25) is 9.59 Å². The predicted molar refractivity (Wildman–Crippen MR) is 143 cm³/mol. The minimum atomic E-state index is -0.326. The number of hydrazone groups is 1. The number of rotatable bonds is 8. The molecule has 37 heavy (non-hydrogen) atoms. The number of aromatic nitrogens is 2. The number of piperidine rings is 1. The van der Waals surface area contributed by atoms with Crippen molar-refractivity contribution in [3.63, 3.8) is 0 Å². The molecule has 1 saturated heterocycles. The Balaban J connectivity index is 1.37. The quantitative estimate of drug-likeness (QED) is 0.364. The molecule has 1 aromatic heterocycles. The SMILES string of the molecule is CCn1c(C)nc2cc(C(=O)NN=Cc3ccc(OCC(=O)N4C(C)CCCC4C)c(OC)c3)ccc21. The average Bonchev–Trinajstić information content (AvgIpc) is 3.21. The Bertz CT molecular complexity index is 1310. The number of likely N-dealkylation sites (tertiary alicyclic amines) is 1. The summed E-state index contributed by atoms with van der Waals surface area (Å²) in [7, 11) is 1.54. The Morgan fingerprint density at radius 2 is 1.89 bits per heavy atom. The van der Waals surface area contributed by atoms with Gasteiger partial charge in [0.05, 0.1) is 24.4 Å². The number of imidazole rings is 1. The summed E-state index contributed by atoms with van der Waals surface area (Å²) in [6, 6.07) is 11.1. The van der Waals surface area contributed by atoms with Gasteiger partial charge in [0.15, 0.2) is 18.1 Å². The van der Waals surface area contributed by atoms with Crippen molar-refractivity contribution in [1.29, 1.82) is 0 Å². The smallest absolute Gasteiger partial charge is 0.271 e. The van der Waals surface area contributed by atoms with Crippen LogP contribution in [-0.4, -0.2) is 58.3 Å². The van der Waals surface area contributed by atoms with Crippen LogP contribution in [0.4, 0.5) is 0 Å². The second-order valence-electron chi connectivity index (χ2n) is 9.43. The number of hydrogen-bond acceptors (Lipinski definition) is 6. The number of nitrogens with one attached hydrogen (secondary N) is 1. The minimum absolute atomic E-state index is 0.0232. The Labute approximate surface area is 217 Å². The molecule has 2 aromatic carbocycles. The third-order valence-corrected chi connectivity index (χ3v) is 6.92. The van der Waals surface area contributed by atoms with Crippen molar-refractivity contribution in [1.82, 2.24) is 19.9 Å². The van der Waals surface area contributed by atoms with Gasteiger partial charge in [-0.25, -0.2) is 10.4 Å². The largest absolute Gasteiger partial charge is 0.493 e. The first-order chi connectivity index (χ1) is 17.8. The molecule has 2 unspecified atom stereocenters. The van der Waals surface area contributed by atoms with E-state index in [2.05, 4.69) is 40.8 Å². The molecule has 0 aliphatic carbocycles. The molecule has 9 nitrogen and oxygen atoms in total. The van der Waals surface area contributed by atoms with Gasteiger partial charge in [0.25, 0.3) is 11.8 Å². The summed E-state index contributed by atoms with van der Waals surface area (Å²) in [5, 5.41) is 4.09. The Morgan fingerprint density at radius 3 is 2.59 bits per heavy atom. The molecule has 0 bridgehead atoms. The Kier molecular flexibility index (Phi) is 8.11. The van der Waals surface area contributed by atoms with Crippen LogP contribution in [0.5, 0.6) is 11.5 Å². The lowest BCUT2D eigenvalue weighted by atomic mass is 9.97. The molecule has 0 radical (unpaired) electrons. The summed E-state index contributed by atoms with van der Waals surface area (Å²) in [5.74, 6) is 1.52. The number of carbonyl (C=O) groups is 2. The van der Waals surface area contributed by atoms with E-state index in [0.717, 1.165) is 42.7 Å². The summed E-state index contributed by atoms with van der Waals surface area (Å²) in [6.07, 6.45) is 4.70. The summed E-state index contributed by atoms with van der Waals surface area (Å²) < 4.78 is 13.4. The number of amides is 2. The number of carbonyl (C=O) groups excluding carboxylic acids is 2. The summed E-state index contributed by atoms with van der Waals surface area (Å²) >= 11 is 0. The fourth-order valence-corrected chi connectivity index (χ4v) is 5.03. The van der Waals surface area contributed by atoms with E-state index in [1.165, 1.54) is 6.21 Å². The van der Waals surface area contributed by atoms with E-state index in [1.54, 1.807) is 37.4 Å². The summed E-state index contributed by atoms with van der Waals surface area (Å²) in [5.41, 5.74) is 5.52. The molecule has 1 N–H and O–H groups in total. The van der Waals surface area contributed by atoms with Gasteiger partial charge < -0.3 is 18.9 Å². The van der Waals surface area contributed by atoms with Crippen LogP contribution in [0.2, 0.25) is 0 Å². The van der Waals surface area contributed by atoms with Crippen LogP contribution < -0.4 is 14.9 Å². The molecule has 196 valence electrons. The van der Waals surface area contributed by atoms with E-state index in [1.807, 2.05) is 17.9 Å². The van der Waals surface area contributed by atoms with Crippen molar-refractivity contribution in [2.45, 2.75) is 65.6 Å². The maximum Gasteiger partial charge on any atom is 0.271 e. The molecule has 9 heteroatoms. The van der Waals surface area contributed by atoms with E-state index in [4.69, 9.17) is 9.47 Å². The van der Waals surface area contributed by atoms with Gasteiger partial charge in [0.1, 0.15) is 5.82 Å². The molecule has 3 aromatic rings. The van der Waals surface area contributed by atoms with E-state index in [9.17, 15) is 9.59 Å². The highest BCUT2D eigenvalue weighted by Gasteiger charge is 2.29. The van der Waals surface area contributed by atoms with Crippen LogP contribution in [0, 0.1) is 6.92 Å². The molecule has 1 aliphatic rings. The Hall–Kier alpha value is -3.88. The number of benzene rings is 2. The van der Waals surface area contributed by atoms with Gasteiger partial charge in [-0.1, -0.05) is 0 Å². The van der Waals surface area contributed by atoms with Crippen LogP contribution in [0.25, 0.3) is 11.0 Å². The van der Waals surface area contributed by atoms with Crippen LogP contribution in [0.3, 0.4) is 0 Å². The number of hydrogen-bond donors (Lipinski definition) is 1. The second kappa shape index (κ2) is 11.5. The molecule has 2 heterocycles. The number of ether oxygens (including phenoxy) is 2. The fourth-order valence-electron chi connectivity index (χ4n) is 5.03. The van der Waals surface area contributed by atoms with Gasteiger partial charge in [-0.15, -0.1) is 0 Å². The minimum Gasteiger partial charge on any atom is -0.493 e. The molecule has 0 saturated carbocycles. The van der Waals surface area contributed by atoms with E-state index < -0.39 is 0 Å². The van der Waals surface area contributed by atoms with Crippen LogP contribution >= 0.6 is 0 Å². The maximum absolute atomic E-state index is 12.8. The van der Waals surface area contributed by atoms with E-state index >= 15 is 0 Å². The number of methoxy groups -OCH3 is 1. The van der Waals surface area contributed by atoms with Crippen LogP contribution in [0.1, 0.15) is 61.8 Å². The lowest BCUT2D eigenvalue weighted by molar-refractivity contribution is -0.139. The van der Waals surface area contributed by atoms with E-state index in [-0.39, 0.29) is 30.5 Å². The molecule has 4 rings (SSSR count). The van der Waals surface area contributed by atoms with Crippen molar-refractivity contribution in [2.75, 3.05) is 13.7 Å². The maximum atomic E-state index is 12.8. The lowest BCUT2D eigenvalue weighted by Crippen LogP contribution is -2.49. The van der Waals surface area contributed by atoms with Crippen molar-refractivity contribution < 1.29 is 19.1 Å². The molecule has 2 atom stereocenters. The van der Waals surface area contributed by atoms with Crippen molar-refractivity contribution in [3.05, 3.63) is 53.3 Å². The van der Waals surface area contributed by atoms with Gasteiger partial charge >= 0.3 is 0 Å². The van der Waals surface area contributed by atoms with Crippen molar-refractivity contribution in [2.24, 2.45) is 5.10 Å². The molecule has 1 fully saturated rings. The summed E-state index contributed by atoms with van der Waals surface area (Å²) in [4.78, 5) is 31.8. The summed E-state index contributed by atoms with van der Waals surface area (Å²) in [6.45, 7) is 8.95. The third kappa shape index (κ3) is 5.76. The number of nitrogens with zero attached hydrogens (tertiary/aromatic N) is 4. The number of fused-ring (bicyclic) bond motifs is 1. The highest BCUT2D eigenvalue weighted by Crippen LogP contribution is 2.28. The second-order valence-corrected chi connectivity index (χ2v) is 9.43. The van der Waals surface area contributed by atoms with Gasteiger partial charge in [-0.05, 0) is 88.9 Å². The van der Waals surface area contributed by atoms with Crippen molar-refractivity contribution in [3.8, 4) is 11.5 Å². The molecule has 2 amide bonds. The van der Waals surface area contributed by atoms with Gasteiger partial charge in [-0.2, -0.15) is 5.10 Å². The first kappa shape index (κ1) is 26.2. The first-order valence-corrected chi connectivity index (χ1v) is 12.7. The highest BCUT2D eigenvalue weighted by molar-refractivity contribution is 5.98. The highest BCUT2D eigenvalue weighted by atomic mass is 16.5. The molecule has 0 spiro atoms. The molecule has 1 aliphatic heterocycles. The van der Waals surface area contributed by atoms with Gasteiger partial charge in [0.2, 0.25) is 0 Å². The van der Waals surface area contributed by atoms with Crippen LogP contribution in [0.15, 0.2) is 41.5 Å². The normalized spacial score (nSPS) is 17.8. The molecular weight excluding hydrogens is 470 g/mol. The fraction of sp³-hybridized carbons (Fsp3) is 0.429. The Morgan fingerprint density at radius 1 is 1.14 bits per heavy atom.